The summed E-state index contributed by atoms with van der Waals surface area (Å²) < 4.78 is 11.1. The highest BCUT2D eigenvalue weighted by Gasteiger charge is 2.13. The van der Waals surface area contributed by atoms with Crippen LogP contribution < -0.4 is 0 Å². The maximum absolute atomic E-state index is 5.23. The fourth-order valence-corrected chi connectivity index (χ4v) is 5.98. The lowest BCUT2D eigenvalue weighted by Crippen LogP contribution is -2.03. The standard InChI is InChI=1S/2C12H14N2.C12H13NO.C11H13N3/c2*1-10(2)12-8-9-13-14(12)11-6-4-3-5-7-11;1-9(2)12-11(8-13-14-12)10-6-4-3-5-7-10;1-9(2)11-8-12-13-14(11)10-6-4-3-5-7-10/h2*3-10H,1-2H3;2*3-9H,1-2H3. The molecule has 0 bridgehead atoms. The van der Waals surface area contributed by atoms with Crippen LogP contribution in [0, 0.1) is 0 Å². The quantitative estimate of drug-likeness (QED) is 0.154. The molecule has 288 valence electrons. The molecule has 0 saturated heterocycles. The van der Waals surface area contributed by atoms with Crippen molar-refractivity contribution in [3.63, 3.8) is 0 Å². The van der Waals surface area contributed by atoms with Crippen molar-refractivity contribution >= 4 is 0 Å². The van der Waals surface area contributed by atoms with Crippen LogP contribution in [0.2, 0.25) is 0 Å². The van der Waals surface area contributed by atoms with Crippen molar-refractivity contribution in [1.82, 2.24) is 39.7 Å². The summed E-state index contributed by atoms with van der Waals surface area (Å²) in [5.41, 5.74) is 9.21. The minimum absolute atomic E-state index is 0.368. The first kappa shape index (κ1) is 40.8. The van der Waals surface area contributed by atoms with Crippen LogP contribution in [0.1, 0.15) is 102 Å². The Bertz CT molecular complexity index is 1940. The highest BCUT2D eigenvalue weighted by atomic mass is 16.5. The van der Waals surface area contributed by atoms with Crippen LogP contribution in [0.5, 0.6) is 0 Å². The molecule has 0 amide bonds. The highest BCUT2D eigenvalue weighted by molar-refractivity contribution is 5.64. The molecule has 0 saturated carbocycles. The summed E-state index contributed by atoms with van der Waals surface area (Å²) >= 11 is 0. The minimum Gasteiger partial charge on any atom is -0.360 e. The number of para-hydroxylation sites is 3. The Morgan fingerprint density at radius 3 is 1.25 bits per heavy atom. The third kappa shape index (κ3) is 10.9. The summed E-state index contributed by atoms with van der Waals surface area (Å²) in [7, 11) is 0. The van der Waals surface area contributed by atoms with E-state index in [0.717, 1.165) is 39.6 Å². The summed E-state index contributed by atoms with van der Waals surface area (Å²) in [5.74, 6) is 2.75. The molecule has 0 aliphatic heterocycles. The summed E-state index contributed by atoms with van der Waals surface area (Å²) in [6.45, 7) is 17.2. The van der Waals surface area contributed by atoms with E-state index in [4.69, 9.17) is 4.52 Å². The third-order valence-corrected chi connectivity index (χ3v) is 8.90. The first-order chi connectivity index (χ1) is 27.2. The van der Waals surface area contributed by atoms with Gasteiger partial charge in [0, 0.05) is 35.3 Å². The molecule has 4 heterocycles. The topological polar surface area (TPSA) is 92.4 Å². The van der Waals surface area contributed by atoms with Gasteiger partial charge in [0.15, 0.2) is 0 Å². The van der Waals surface area contributed by atoms with Crippen LogP contribution in [-0.2, 0) is 0 Å². The molecule has 0 fully saturated rings. The number of benzene rings is 4. The predicted octanol–water partition coefficient (Wildman–Crippen LogP) is 11.8. The Labute approximate surface area is 331 Å². The number of hydrogen-bond donors (Lipinski definition) is 0. The molecule has 8 aromatic rings. The highest BCUT2D eigenvalue weighted by Crippen LogP contribution is 2.28. The van der Waals surface area contributed by atoms with E-state index in [2.05, 4.69) is 130 Å². The van der Waals surface area contributed by atoms with Crippen LogP contribution in [0.15, 0.2) is 163 Å². The van der Waals surface area contributed by atoms with E-state index in [1.807, 2.05) is 118 Å². The van der Waals surface area contributed by atoms with Crippen LogP contribution in [0.25, 0.3) is 28.2 Å². The molecular weight excluding hydrogens is 693 g/mol. The first-order valence-corrected chi connectivity index (χ1v) is 19.3. The van der Waals surface area contributed by atoms with E-state index in [0.29, 0.717) is 23.7 Å². The lowest BCUT2D eigenvalue weighted by Gasteiger charge is -2.09. The third-order valence-electron chi connectivity index (χ3n) is 8.90. The second-order valence-corrected chi connectivity index (χ2v) is 14.5. The van der Waals surface area contributed by atoms with Gasteiger partial charge in [0.2, 0.25) is 0 Å². The number of nitrogens with zero attached hydrogens (tertiary/aromatic N) is 8. The van der Waals surface area contributed by atoms with Gasteiger partial charge in [-0.15, -0.1) is 5.10 Å². The van der Waals surface area contributed by atoms with Gasteiger partial charge in [0.25, 0.3) is 0 Å². The van der Waals surface area contributed by atoms with E-state index in [9.17, 15) is 0 Å². The second-order valence-electron chi connectivity index (χ2n) is 14.5. The number of rotatable bonds is 8. The predicted molar refractivity (Wildman–Crippen MR) is 227 cm³/mol. The molecular formula is C47H54N8O. The Balaban J connectivity index is 0.000000143. The van der Waals surface area contributed by atoms with Crippen molar-refractivity contribution in [3.8, 4) is 28.2 Å². The van der Waals surface area contributed by atoms with E-state index in [1.165, 1.54) is 11.4 Å². The Morgan fingerprint density at radius 2 is 0.839 bits per heavy atom. The first-order valence-electron chi connectivity index (χ1n) is 19.3. The SMILES string of the molecule is CC(C)c1ccnn1-c1ccccc1.CC(C)c1ccnn1-c1ccccc1.CC(C)c1cnnn1-c1ccccc1.CC(C)c1oncc1-c1ccccc1. The maximum atomic E-state index is 5.23. The number of hydrogen-bond acceptors (Lipinski definition) is 6. The van der Waals surface area contributed by atoms with Gasteiger partial charge in [-0.05, 0) is 71.8 Å². The van der Waals surface area contributed by atoms with Crippen molar-refractivity contribution in [1.29, 1.82) is 0 Å². The normalized spacial score (nSPS) is 10.8. The fraction of sp³-hybridized carbons (Fsp3) is 0.255. The molecule has 0 radical (unpaired) electrons. The molecule has 4 aromatic heterocycles. The summed E-state index contributed by atoms with van der Waals surface area (Å²) in [4.78, 5) is 0. The summed E-state index contributed by atoms with van der Waals surface area (Å²) in [5, 5.41) is 20.5. The van der Waals surface area contributed by atoms with Gasteiger partial charge in [-0.1, -0.05) is 151 Å². The van der Waals surface area contributed by atoms with Crippen LogP contribution in [0.4, 0.5) is 0 Å². The van der Waals surface area contributed by atoms with Crippen LogP contribution >= 0.6 is 0 Å². The lowest BCUT2D eigenvalue weighted by atomic mass is 10.0. The molecule has 9 nitrogen and oxygen atoms in total. The van der Waals surface area contributed by atoms with Gasteiger partial charge >= 0.3 is 0 Å². The smallest absolute Gasteiger partial charge is 0.147 e. The number of aromatic nitrogens is 8. The van der Waals surface area contributed by atoms with Crippen LogP contribution in [0.3, 0.4) is 0 Å². The van der Waals surface area contributed by atoms with E-state index < -0.39 is 0 Å². The monoisotopic (exact) mass is 746 g/mol. The molecule has 8 rings (SSSR count). The largest absolute Gasteiger partial charge is 0.360 e. The lowest BCUT2D eigenvalue weighted by molar-refractivity contribution is 0.372. The fourth-order valence-electron chi connectivity index (χ4n) is 5.98. The van der Waals surface area contributed by atoms with E-state index >= 15 is 0 Å². The zero-order valence-electron chi connectivity index (χ0n) is 33.8. The van der Waals surface area contributed by atoms with Crippen molar-refractivity contribution in [2.45, 2.75) is 79.1 Å². The summed E-state index contributed by atoms with van der Waals surface area (Å²) in [6.07, 6.45) is 7.30. The average molecular weight is 747 g/mol. The molecule has 0 aliphatic carbocycles. The Hall–Kier alpha value is -6.35. The molecule has 0 atom stereocenters. The average Bonchev–Trinajstić information content (AvgIpc) is 4.07. The van der Waals surface area contributed by atoms with E-state index in [1.54, 1.807) is 6.20 Å². The van der Waals surface area contributed by atoms with Gasteiger partial charge in [-0.25, -0.2) is 14.0 Å². The Morgan fingerprint density at radius 1 is 0.429 bits per heavy atom. The van der Waals surface area contributed by atoms with Crippen molar-refractivity contribution < 1.29 is 4.52 Å². The van der Waals surface area contributed by atoms with E-state index in [-0.39, 0.29) is 0 Å². The van der Waals surface area contributed by atoms with Gasteiger partial charge in [-0.3, -0.25) is 0 Å². The van der Waals surface area contributed by atoms with Gasteiger partial charge in [0.1, 0.15) is 5.76 Å². The van der Waals surface area contributed by atoms with Crippen molar-refractivity contribution in [2.24, 2.45) is 0 Å². The van der Waals surface area contributed by atoms with Crippen LogP contribution in [-0.4, -0.2) is 39.7 Å². The zero-order valence-corrected chi connectivity index (χ0v) is 33.8. The molecule has 0 aliphatic rings. The van der Waals surface area contributed by atoms with Crippen molar-refractivity contribution in [2.75, 3.05) is 0 Å². The second kappa shape index (κ2) is 20.4. The summed E-state index contributed by atoms with van der Waals surface area (Å²) in [6, 6.07) is 44.8. The molecule has 0 unspecified atom stereocenters. The molecule has 9 heteroatoms. The van der Waals surface area contributed by atoms with Crippen molar-refractivity contribution in [3.05, 3.63) is 181 Å². The van der Waals surface area contributed by atoms with Gasteiger partial charge in [-0.2, -0.15) is 10.2 Å². The zero-order chi connectivity index (χ0) is 39.9. The molecule has 0 N–H and O–H groups in total. The Kier molecular flexibility index (Phi) is 14.8. The maximum Gasteiger partial charge on any atom is 0.147 e. The molecule has 4 aromatic carbocycles. The molecule has 0 spiro atoms. The van der Waals surface area contributed by atoms with Gasteiger partial charge < -0.3 is 4.52 Å². The minimum atomic E-state index is 0.368. The van der Waals surface area contributed by atoms with Gasteiger partial charge in [0.05, 0.1) is 35.1 Å². The molecule has 56 heavy (non-hydrogen) atoms.